The third kappa shape index (κ3) is 3.70. The van der Waals surface area contributed by atoms with Gasteiger partial charge in [0.1, 0.15) is 0 Å². The van der Waals surface area contributed by atoms with Crippen molar-refractivity contribution in [2.24, 2.45) is 34.5 Å². The first-order valence-corrected chi connectivity index (χ1v) is 13.2. The Kier molecular flexibility index (Phi) is 5.79. The highest BCUT2D eigenvalue weighted by Gasteiger charge is 2.61. The lowest BCUT2D eigenvalue weighted by Crippen LogP contribution is -2.56. The van der Waals surface area contributed by atoms with Crippen LogP contribution in [0.25, 0.3) is 0 Å². The molecule has 0 aliphatic heterocycles. The Morgan fingerprint density at radius 1 is 0.903 bits per heavy atom. The minimum Gasteiger partial charge on any atom is -0.390 e. The number of fused-ring (bicyclic) bond motifs is 5. The largest absolute Gasteiger partial charge is 0.390 e. The summed E-state index contributed by atoms with van der Waals surface area (Å²) in [7, 11) is 1.93. The molecule has 0 saturated heterocycles. The van der Waals surface area contributed by atoms with E-state index in [0.29, 0.717) is 22.9 Å². The maximum Gasteiger partial charge on any atom is 0.0651 e. The van der Waals surface area contributed by atoms with E-state index < -0.39 is 5.60 Å². The summed E-state index contributed by atoms with van der Waals surface area (Å²) in [6.45, 7) is 5.15. The van der Waals surface area contributed by atoms with E-state index in [1.807, 2.05) is 7.11 Å². The Morgan fingerprint density at radius 3 is 2.45 bits per heavy atom. The number of rotatable bonds is 5. The third-order valence-electron chi connectivity index (χ3n) is 11.0. The van der Waals surface area contributed by atoms with Gasteiger partial charge in [0.25, 0.3) is 0 Å². The van der Waals surface area contributed by atoms with Gasteiger partial charge in [0, 0.05) is 7.11 Å². The Balaban J connectivity index is 1.24. The lowest BCUT2D eigenvalue weighted by Gasteiger charge is -2.62. The van der Waals surface area contributed by atoms with Gasteiger partial charge in [-0.2, -0.15) is 0 Å². The van der Waals surface area contributed by atoms with Gasteiger partial charge in [0.15, 0.2) is 0 Å². The second kappa shape index (κ2) is 8.17. The molecule has 8 atom stereocenters. The molecule has 0 bridgehead atoms. The number of benzene rings is 1. The van der Waals surface area contributed by atoms with Crippen LogP contribution in [0.5, 0.6) is 0 Å². The summed E-state index contributed by atoms with van der Waals surface area (Å²) >= 11 is 0. The van der Waals surface area contributed by atoms with Crippen LogP contribution in [0.15, 0.2) is 30.3 Å². The normalized spacial score (nSPS) is 46.8. The van der Waals surface area contributed by atoms with Crippen LogP contribution < -0.4 is 0 Å². The van der Waals surface area contributed by atoms with E-state index in [9.17, 15) is 5.11 Å². The molecule has 0 unspecified atom stereocenters. The van der Waals surface area contributed by atoms with Crippen LogP contribution >= 0.6 is 0 Å². The van der Waals surface area contributed by atoms with E-state index >= 15 is 0 Å². The molecule has 0 aromatic heterocycles. The van der Waals surface area contributed by atoms with Gasteiger partial charge in [0.2, 0.25) is 0 Å². The molecular formula is C29H44O2. The van der Waals surface area contributed by atoms with Gasteiger partial charge in [0.05, 0.1) is 11.7 Å². The third-order valence-corrected chi connectivity index (χ3v) is 11.0. The van der Waals surface area contributed by atoms with Crippen LogP contribution in [0.1, 0.15) is 90.0 Å². The van der Waals surface area contributed by atoms with Crippen molar-refractivity contribution >= 4 is 0 Å². The first-order valence-electron chi connectivity index (χ1n) is 13.2. The van der Waals surface area contributed by atoms with Gasteiger partial charge in [-0.25, -0.2) is 0 Å². The molecule has 1 aromatic rings. The molecule has 31 heavy (non-hydrogen) atoms. The highest BCUT2D eigenvalue weighted by Crippen LogP contribution is 2.67. The minimum atomic E-state index is -0.427. The van der Waals surface area contributed by atoms with Gasteiger partial charge < -0.3 is 9.84 Å². The second-order valence-electron chi connectivity index (χ2n) is 12.3. The molecule has 4 saturated carbocycles. The summed E-state index contributed by atoms with van der Waals surface area (Å²) in [6, 6.07) is 10.8. The maximum atomic E-state index is 11.5. The fourth-order valence-electron chi connectivity index (χ4n) is 9.15. The average Bonchev–Trinajstić information content (AvgIpc) is 3.11. The Labute approximate surface area is 190 Å². The van der Waals surface area contributed by atoms with Crippen molar-refractivity contribution in [3.63, 3.8) is 0 Å². The SMILES string of the molecule is CO[C@H]1CC[C@H]2[C@@H]3CC[C@@H]4C[C@@](O)(CCCc5ccccc5)CC[C@]4(C)[C@H]3CC[C@]12C. The summed E-state index contributed by atoms with van der Waals surface area (Å²) in [5, 5.41) is 11.5. The predicted octanol–water partition coefficient (Wildman–Crippen LogP) is 6.80. The fraction of sp³-hybridized carbons (Fsp3) is 0.793. The number of methoxy groups -OCH3 is 1. The van der Waals surface area contributed by atoms with Crippen LogP contribution in [0.2, 0.25) is 0 Å². The molecule has 2 heteroatoms. The Bertz CT molecular complexity index is 761. The van der Waals surface area contributed by atoms with Crippen LogP contribution in [0.4, 0.5) is 0 Å². The predicted molar refractivity (Wildman–Crippen MR) is 127 cm³/mol. The van der Waals surface area contributed by atoms with Crippen LogP contribution in [0.3, 0.4) is 0 Å². The second-order valence-corrected chi connectivity index (χ2v) is 12.3. The number of hydrogen-bond donors (Lipinski definition) is 1. The maximum absolute atomic E-state index is 11.5. The molecule has 1 aromatic carbocycles. The molecule has 4 aliphatic carbocycles. The summed E-state index contributed by atoms with van der Waals surface area (Å²) in [4.78, 5) is 0. The molecule has 0 amide bonds. The molecule has 4 aliphatic rings. The lowest BCUT2D eigenvalue weighted by molar-refractivity contribution is -0.158. The molecule has 0 radical (unpaired) electrons. The van der Waals surface area contributed by atoms with Gasteiger partial charge in [-0.15, -0.1) is 0 Å². The van der Waals surface area contributed by atoms with E-state index in [0.717, 1.165) is 49.9 Å². The highest BCUT2D eigenvalue weighted by molar-refractivity contribution is 5.15. The summed E-state index contributed by atoms with van der Waals surface area (Å²) in [6.07, 6.45) is 15.0. The number of aryl methyl sites for hydroxylation is 1. The Hall–Kier alpha value is -0.860. The average molecular weight is 425 g/mol. The van der Waals surface area contributed by atoms with Gasteiger partial charge >= 0.3 is 0 Å². The van der Waals surface area contributed by atoms with E-state index in [1.54, 1.807) is 0 Å². The molecule has 0 heterocycles. The zero-order valence-electron chi connectivity index (χ0n) is 20.1. The van der Waals surface area contributed by atoms with Crippen LogP contribution in [-0.2, 0) is 11.2 Å². The molecule has 172 valence electrons. The molecule has 5 rings (SSSR count). The number of aliphatic hydroxyl groups is 1. The molecular weight excluding hydrogens is 380 g/mol. The molecule has 2 nitrogen and oxygen atoms in total. The van der Waals surface area contributed by atoms with Crippen molar-refractivity contribution < 1.29 is 9.84 Å². The van der Waals surface area contributed by atoms with Crippen molar-refractivity contribution in [3.8, 4) is 0 Å². The minimum absolute atomic E-state index is 0.409. The first-order chi connectivity index (χ1) is 14.9. The van der Waals surface area contributed by atoms with Gasteiger partial charge in [-0.05, 0) is 117 Å². The van der Waals surface area contributed by atoms with E-state index in [4.69, 9.17) is 4.74 Å². The number of hydrogen-bond acceptors (Lipinski definition) is 2. The van der Waals surface area contributed by atoms with Crippen molar-refractivity contribution in [1.82, 2.24) is 0 Å². The van der Waals surface area contributed by atoms with Crippen molar-refractivity contribution in [2.45, 2.75) is 103 Å². The Morgan fingerprint density at radius 2 is 1.68 bits per heavy atom. The smallest absolute Gasteiger partial charge is 0.0651 e. The van der Waals surface area contributed by atoms with Crippen LogP contribution in [-0.4, -0.2) is 23.9 Å². The molecule has 1 N–H and O–H groups in total. The fourth-order valence-corrected chi connectivity index (χ4v) is 9.15. The van der Waals surface area contributed by atoms with Crippen molar-refractivity contribution in [3.05, 3.63) is 35.9 Å². The standard InChI is InChI=1S/C29H44O2/c1-27-18-19-29(30,16-7-10-21-8-5-4-6-9-21)20-22(27)11-12-23-24-13-14-26(31-3)28(24,2)17-15-25(23)27/h4-6,8-9,22-26,30H,7,10-20H2,1-3H3/t22-,23+,24+,25+,26+,27+,28+,29-/m1/s1. The zero-order chi connectivity index (χ0) is 21.7. The van der Waals surface area contributed by atoms with Gasteiger partial charge in [-0.3, -0.25) is 0 Å². The van der Waals surface area contributed by atoms with Crippen LogP contribution in [0, 0.1) is 34.5 Å². The summed E-state index contributed by atoms with van der Waals surface area (Å²) < 4.78 is 5.96. The summed E-state index contributed by atoms with van der Waals surface area (Å²) in [5.74, 6) is 3.34. The van der Waals surface area contributed by atoms with Crippen molar-refractivity contribution in [1.29, 1.82) is 0 Å². The van der Waals surface area contributed by atoms with E-state index in [1.165, 1.54) is 50.5 Å². The van der Waals surface area contributed by atoms with Crippen molar-refractivity contribution in [2.75, 3.05) is 7.11 Å². The lowest BCUT2D eigenvalue weighted by atomic mass is 9.44. The van der Waals surface area contributed by atoms with E-state index in [2.05, 4.69) is 44.2 Å². The first kappa shape index (κ1) is 22.0. The van der Waals surface area contributed by atoms with Gasteiger partial charge in [-0.1, -0.05) is 44.2 Å². The summed E-state index contributed by atoms with van der Waals surface area (Å²) in [5.41, 5.74) is 1.83. The molecule has 0 spiro atoms. The van der Waals surface area contributed by atoms with E-state index in [-0.39, 0.29) is 0 Å². The number of ether oxygens (including phenoxy) is 1. The zero-order valence-corrected chi connectivity index (χ0v) is 20.1. The quantitative estimate of drug-likeness (QED) is 0.563. The molecule has 4 fully saturated rings. The highest BCUT2D eigenvalue weighted by atomic mass is 16.5. The topological polar surface area (TPSA) is 29.5 Å². The monoisotopic (exact) mass is 424 g/mol.